The SMILES string of the molecule is N#Cc1cccn(-c2ccncc2[N+](=O)[O-])c1=O. The fourth-order valence-electron chi connectivity index (χ4n) is 1.49. The van der Waals surface area contributed by atoms with Gasteiger partial charge in [0.25, 0.3) is 5.56 Å². The molecular weight excluding hydrogens is 236 g/mol. The molecule has 2 rings (SSSR count). The minimum absolute atomic E-state index is 0.0800. The number of nitrogens with zero attached hydrogens (tertiary/aromatic N) is 4. The second-order valence-corrected chi connectivity index (χ2v) is 3.33. The fourth-order valence-corrected chi connectivity index (χ4v) is 1.49. The van der Waals surface area contributed by atoms with Crippen molar-refractivity contribution >= 4 is 5.69 Å². The summed E-state index contributed by atoms with van der Waals surface area (Å²) in [6.45, 7) is 0. The highest BCUT2D eigenvalue weighted by molar-refractivity contribution is 5.50. The molecule has 0 amide bonds. The third-order valence-electron chi connectivity index (χ3n) is 2.30. The summed E-state index contributed by atoms with van der Waals surface area (Å²) in [6.07, 6.45) is 3.76. The quantitative estimate of drug-likeness (QED) is 0.577. The van der Waals surface area contributed by atoms with Crippen LogP contribution in [-0.2, 0) is 0 Å². The molecule has 0 unspecified atom stereocenters. The van der Waals surface area contributed by atoms with E-state index in [1.165, 1.54) is 30.6 Å². The van der Waals surface area contributed by atoms with Crippen LogP contribution in [0, 0.1) is 21.4 Å². The van der Waals surface area contributed by atoms with Crippen LogP contribution >= 0.6 is 0 Å². The molecule has 7 nitrogen and oxygen atoms in total. The van der Waals surface area contributed by atoms with E-state index in [0.717, 1.165) is 10.8 Å². The van der Waals surface area contributed by atoms with E-state index in [4.69, 9.17) is 5.26 Å². The molecule has 0 aliphatic carbocycles. The first-order chi connectivity index (χ1) is 8.65. The van der Waals surface area contributed by atoms with Gasteiger partial charge in [-0.1, -0.05) is 0 Å². The van der Waals surface area contributed by atoms with Crippen LogP contribution in [0.5, 0.6) is 0 Å². The van der Waals surface area contributed by atoms with Gasteiger partial charge in [0.1, 0.15) is 23.5 Å². The molecule has 0 spiro atoms. The van der Waals surface area contributed by atoms with Crippen LogP contribution in [0.1, 0.15) is 5.56 Å². The van der Waals surface area contributed by atoms with Gasteiger partial charge >= 0.3 is 5.69 Å². The van der Waals surface area contributed by atoms with Gasteiger partial charge in [0.05, 0.1) is 4.92 Å². The topological polar surface area (TPSA) is 102 Å². The molecule has 2 heterocycles. The molecule has 2 aromatic heterocycles. The minimum atomic E-state index is -0.631. The number of nitriles is 1. The number of nitro groups is 1. The molecule has 0 saturated carbocycles. The Balaban J connectivity index is 2.75. The molecule has 0 saturated heterocycles. The summed E-state index contributed by atoms with van der Waals surface area (Å²) in [5, 5.41) is 19.6. The van der Waals surface area contributed by atoms with Gasteiger partial charge in [-0.3, -0.25) is 24.5 Å². The highest BCUT2D eigenvalue weighted by Crippen LogP contribution is 2.19. The Labute approximate surface area is 101 Å². The van der Waals surface area contributed by atoms with Crippen molar-refractivity contribution in [2.24, 2.45) is 0 Å². The van der Waals surface area contributed by atoms with Gasteiger partial charge < -0.3 is 0 Å². The van der Waals surface area contributed by atoms with E-state index in [1.54, 1.807) is 6.07 Å². The number of hydrogen-bond acceptors (Lipinski definition) is 5. The Morgan fingerprint density at radius 2 is 2.22 bits per heavy atom. The summed E-state index contributed by atoms with van der Waals surface area (Å²) in [7, 11) is 0. The summed E-state index contributed by atoms with van der Waals surface area (Å²) in [5.41, 5.74) is -0.898. The van der Waals surface area contributed by atoms with E-state index in [1.807, 2.05) is 0 Å². The molecule has 0 bridgehead atoms. The highest BCUT2D eigenvalue weighted by Gasteiger charge is 2.16. The summed E-state index contributed by atoms with van der Waals surface area (Å²) in [5.74, 6) is 0. The van der Waals surface area contributed by atoms with Gasteiger partial charge in [0, 0.05) is 12.4 Å². The molecule has 0 aromatic carbocycles. The largest absolute Gasteiger partial charge is 0.311 e. The predicted octanol–water partition coefficient (Wildman–Crippen LogP) is 1.01. The van der Waals surface area contributed by atoms with E-state index in [-0.39, 0.29) is 16.9 Å². The Bertz CT molecular complexity index is 715. The van der Waals surface area contributed by atoms with Crippen molar-refractivity contribution in [3.05, 3.63) is 62.8 Å². The number of hydrogen-bond donors (Lipinski definition) is 0. The Hall–Kier alpha value is -3.01. The van der Waals surface area contributed by atoms with Crippen molar-refractivity contribution in [3.63, 3.8) is 0 Å². The second kappa shape index (κ2) is 4.47. The smallest absolute Gasteiger partial charge is 0.277 e. The van der Waals surface area contributed by atoms with Crippen LogP contribution < -0.4 is 5.56 Å². The van der Waals surface area contributed by atoms with Crippen LogP contribution in [0.25, 0.3) is 5.69 Å². The molecule has 18 heavy (non-hydrogen) atoms. The van der Waals surface area contributed by atoms with Crippen molar-refractivity contribution in [1.82, 2.24) is 9.55 Å². The van der Waals surface area contributed by atoms with Crippen molar-refractivity contribution in [3.8, 4) is 11.8 Å². The summed E-state index contributed by atoms with van der Waals surface area (Å²) in [4.78, 5) is 25.7. The molecule has 0 aliphatic heterocycles. The van der Waals surface area contributed by atoms with Crippen molar-refractivity contribution in [2.75, 3.05) is 0 Å². The molecule has 0 radical (unpaired) electrons. The molecular formula is C11H6N4O3. The zero-order valence-corrected chi connectivity index (χ0v) is 8.98. The molecule has 7 heteroatoms. The van der Waals surface area contributed by atoms with Crippen LogP contribution in [-0.4, -0.2) is 14.5 Å². The van der Waals surface area contributed by atoms with E-state index in [9.17, 15) is 14.9 Å². The molecule has 0 N–H and O–H groups in total. The molecule has 88 valence electrons. The van der Waals surface area contributed by atoms with Gasteiger partial charge in [-0.05, 0) is 18.2 Å². The van der Waals surface area contributed by atoms with Gasteiger partial charge in [-0.2, -0.15) is 5.26 Å². The van der Waals surface area contributed by atoms with Gasteiger partial charge in [-0.25, -0.2) is 0 Å². The maximum atomic E-state index is 11.9. The molecule has 0 aliphatic rings. The van der Waals surface area contributed by atoms with Crippen LogP contribution in [0.2, 0.25) is 0 Å². The maximum absolute atomic E-state index is 11.9. The zero-order valence-electron chi connectivity index (χ0n) is 8.98. The van der Waals surface area contributed by atoms with E-state index in [0.29, 0.717) is 0 Å². The molecule has 2 aromatic rings. The zero-order chi connectivity index (χ0) is 13.1. The van der Waals surface area contributed by atoms with Crippen LogP contribution in [0.4, 0.5) is 5.69 Å². The normalized spacial score (nSPS) is 9.72. The van der Waals surface area contributed by atoms with Gasteiger partial charge in [0.15, 0.2) is 0 Å². The van der Waals surface area contributed by atoms with Gasteiger partial charge in [-0.15, -0.1) is 0 Å². The van der Waals surface area contributed by atoms with E-state index in [2.05, 4.69) is 4.98 Å². The summed E-state index contributed by atoms with van der Waals surface area (Å²) in [6, 6.07) is 5.91. The van der Waals surface area contributed by atoms with Crippen molar-refractivity contribution in [2.45, 2.75) is 0 Å². The Morgan fingerprint density at radius 3 is 2.89 bits per heavy atom. The lowest BCUT2D eigenvalue weighted by Gasteiger charge is -2.05. The first-order valence-corrected chi connectivity index (χ1v) is 4.85. The summed E-state index contributed by atoms with van der Waals surface area (Å²) < 4.78 is 1.05. The lowest BCUT2D eigenvalue weighted by Crippen LogP contribution is -2.20. The number of pyridine rings is 2. The molecule has 0 fully saturated rings. The van der Waals surface area contributed by atoms with Crippen molar-refractivity contribution in [1.29, 1.82) is 5.26 Å². The van der Waals surface area contributed by atoms with Crippen molar-refractivity contribution < 1.29 is 4.92 Å². The second-order valence-electron chi connectivity index (χ2n) is 3.33. The third kappa shape index (κ3) is 1.82. The predicted molar refractivity (Wildman–Crippen MR) is 61.2 cm³/mol. The highest BCUT2D eigenvalue weighted by atomic mass is 16.6. The third-order valence-corrected chi connectivity index (χ3v) is 2.30. The van der Waals surface area contributed by atoms with Gasteiger partial charge in [0.2, 0.25) is 0 Å². The Morgan fingerprint density at radius 1 is 1.44 bits per heavy atom. The Kier molecular flexibility index (Phi) is 2.85. The lowest BCUT2D eigenvalue weighted by molar-refractivity contribution is -0.384. The maximum Gasteiger partial charge on any atom is 0.311 e. The first kappa shape index (κ1) is 11.5. The monoisotopic (exact) mass is 242 g/mol. The van der Waals surface area contributed by atoms with Crippen LogP contribution in [0.3, 0.4) is 0 Å². The van der Waals surface area contributed by atoms with E-state index < -0.39 is 10.5 Å². The number of aromatic nitrogens is 2. The number of rotatable bonds is 2. The van der Waals surface area contributed by atoms with Crippen LogP contribution in [0.15, 0.2) is 41.6 Å². The average Bonchev–Trinajstić information content (AvgIpc) is 2.39. The fraction of sp³-hybridized carbons (Fsp3) is 0. The molecule has 0 atom stereocenters. The first-order valence-electron chi connectivity index (χ1n) is 4.85. The standard InChI is InChI=1S/C11H6N4O3/c12-6-8-2-1-5-14(11(8)16)9-3-4-13-7-10(9)15(17)18/h1-5,7H. The summed E-state index contributed by atoms with van der Waals surface area (Å²) >= 11 is 0. The van der Waals surface area contributed by atoms with E-state index >= 15 is 0 Å². The average molecular weight is 242 g/mol. The minimum Gasteiger partial charge on any atom is -0.277 e. The lowest BCUT2D eigenvalue weighted by atomic mass is 10.2.